The van der Waals surface area contributed by atoms with Crippen molar-refractivity contribution in [2.75, 3.05) is 40.3 Å². The normalized spacial score (nSPS) is 10.9. The van der Waals surface area contributed by atoms with E-state index in [0.717, 1.165) is 26.1 Å². The predicted octanol–water partition coefficient (Wildman–Crippen LogP) is 1.31. The topological polar surface area (TPSA) is 49.6 Å². The zero-order valence-electron chi connectivity index (χ0n) is 11.7. The maximum atomic E-state index is 11.7. The molecule has 4 nitrogen and oxygen atoms in total. The quantitative estimate of drug-likeness (QED) is 0.589. The van der Waals surface area contributed by atoms with Gasteiger partial charge >= 0.3 is 0 Å². The fourth-order valence-electron chi connectivity index (χ4n) is 1.67. The molecule has 2 N–H and O–H groups in total. The van der Waals surface area contributed by atoms with E-state index in [1.165, 1.54) is 19.3 Å². The van der Waals surface area contributed by atoms with Crippen LogP contribution in [0.15, 0.2) is 0 Å². The fraction of sp³-hybridized carbons (Fsp3) is 0.923. The van der Waals surface area contributed by atoms with E-state index >= 15 is 0 Å². The fourth-order valence-corrected chi connectivity index (χ4v) is 1.67. The molecule has 17 heavy (non-hydrogen) atoms. The Balaban J connectivity index is 3.60. The van der Waals surface area contributed by atoms with Gasteiger partial charge in [-0.3, -0.25) is 4.79 Å². The number of carbonyl (C=O) groups is 1. The number of nitrogens with zero attached hydrogens (tertiary/aromatic N) is 2. The second-order valence-corrected chi connectivity index (χ2v) is 4.72. The molecule has 102 valence electrons. The highest BCUT2D eigenvalue weighted by atomic mass is 16.2. The lowest BCUT2D eigenvalue weighted by Gasteiger charge is -2.20. The molecule has 4 heteroatoms. The van der Waals surface area contributed by atoms with Crippen LogP contribution in [0.1, 0.15) is 39.0 Å². The average molecular weight is 243 g/mol. The Morgan fingerprint density at radius 2 is 1.76 bits per heavy atom. The standard InChI is InChI=1S/C13H29N3O/c1-4-5-6-10-15(2)12-8-13(17)16(3)11-7-9-14/h4-12,14H2,1-3H3. The van der Waals surface area contributed by atoms with Crippen molar-refractivity contribution >= 4 is 5.91 Å². The van der Waals surface area contributed by atoms with E-state index in [4.69, 9.17) is 5.73 Å². The van der Waals surface area contributed by atoms with Gasteiger partial charge in [0.05, 0.1) is 0 Å². The van der Waals surface area contributed by atoms with Gasteiger partial charge in [0.15, 0.2) is 0 Å². The van der Waals surface area contributed by atoms with Crippen molar-refractivity contribution in [2.45, 2.75) is 39.0 Å². The van der Waals surface area contributed by atoms with Gasteiger partial charge in [-0.15, -0.1) is 0 Å². The summed E-state index contributed by atoms with van der Waals surface area (Å²) in [4.78, 5) is 15.8. The van der Waals surface area contributed by atoms with E-state index in [1.54, 1.807) is 4.90 Å². The summed E-state index contributed by atoms with van der Waals surface area (Å²) in [6, 6.07) is 0. The lowest BCUT2D eigenvalue weighted by atomic mass is 10.2. The molecular weight excluding hydrogens is 214 g/mol. The minimum Gasteiger partial charge on any atom is -0.346 e. The van der Waals surface area contributed by atoms with Crippen LogP contribution in [-0.4, -0.2) is 56.0 Å². The van der Waals surface area contributed by atoms with Crippen molar-refractivity contribution in [3.63, 3.8) is 0 Å². The molecule has 0 aliphatic rings. The number of rotatable bonds is 10. The first kappa shape index (κ1) is 16.4. The molecule has 0 aliphatic heterocycles. The Kier molecular flexibility index (Phi) is 10.2. The van der Waals surface area contributed by atoms with Crippen LogP contribution in [0, 0.1) is 0 Å². The van der Waals surface area contributed by atoms with Gasteiger partial charge in [-0.25, -0.2) is 0 Å². The van der Waals surface area contributed by atoms with Gasteiger partial charge in [0.25, 0.3) is 0 Å². The molecule has 0 atom stereocenters. The summed E-state index contributed by atoms with van der Waals surface area (Å²) < 4.78 is 0. The Labute approximate surface area is 106 Å². The predicted molar refractivity (Wildman–Crippen MR) is 72.9 cm³/mol. The Hall–Kier alpha value is -0.610. The van der Waals surface area contributed by atoms with Crippen LogP contribution in [0.25, 0.3) is 0 Å². The van der Waals surface area contributed by atoms with Crippen LogP contribution in [0.2, 0.25) is 0 Å². The van der Waals surface area contributed by atoms with Gasteiger partial charge in [-0.05, 0) is 33.0 Å². The van der Waals surface area contributed by atoms with E-state index in [2.05, 4.69) is 18.9 Å². The number of unbranched alkanes of at least 4 members (excludes halogenated alkanes) is 2. The van der Waals surface area contributed by atoms with Crippen LogP contribution in [0.4, 0.5) is 0 Å². The van der Waals surface area contributed by atoms with Gasteiger partial charge in [0, 0.05) is 26.6 Å². The highest BCUT2D eigenvalue weighted by Crippen LogP contribution is 1.99. The molecule has 0 saturated carbocycles. The average Bonchev–Trinajstić information content (AvgIpc) is 2.33. The van der Waals surface area contributed by atoms with Crippen LogP contribution in [-0.2, 0) is 4.79 Å². The minimum absolute atomic E-state index is 0.223. The van der Waals surface area contributed by atoms with Gasteiger partial charge < -0.3 is 15.5 Å². The molecule has 1 amide bonds. The number of hydrogen-bond donors (Lipinski definition) is 1. The summed E-state index contributed by atoms with van der Waals surface area (Å²) in [6.07, 6.45) is 5.24. The van der Waals surface area contributed by atoms with Crippen molar-refractivity contribution in [1.82, 2.24) is 9.80 Å². The molecule has 0 aromatic rings. The largest absolute Gasteiger partial charge is 0.346 e. The first-order chi connectivity index (χ1) is 8.11. The Bertz CT molecular complexity index is 197. The summed E-state index contributed by atoms with van der Waals surface area (Å²) in [5, 5.41) is 0. The molecule has 0 fully saturated rings. The Morgan fingerprint density at radius 1 is 1.06 bits per heavy atom. The summed E-state index contributed by atoms with van der Waals surface area (Å²) in [5.74, 6) is 0.223. The van der Waals surface area contributed by atoms with E-state index in [9.17, 15) is 4.79 Å². The molecule has 0 radical (unpaired) electrons. The van der Waals surface area contributed by atoms with E-state index in [-0.39, 0.29) is 5.91 Å². The SMILES string of the molecule is CCCCCN(C)CCC(=O)N(C)CCCN. The maximum Gasteiger partial charge on any atom is 0.223 e. The number of carbonyl (C=O) groups excluding carboxylic acids is 1. The summed E-state index contributed by atoms with van der Waals surface area (Å²) in [7, 11) is 3.94. The molecular formula is C13H29N3O. The van der Waals surface area contributed by atoms with Crippen LogP contribution < -0.4 is 5.73 Å². The van der Waals surface area contributed by atoms with Crippen LogP contribution in [0.3, 0.4) is 0 Å². The highest BCUT2D eigenvalue weighted by molar-refractivity contribution is 5.76. The van der Waals surface area contributed by atoms with Crippen LogP contribution in [0.5, 0.6) is 0 Å². The number of nitrogens with two attached hydrogens (primary N) is 1. The molecule has 0 saturated heterocycles. The summed E-state index contributed by atoms with van der Waals surface area (Å²) in [5.41, 5.74) is 5.42. The maximum absolute atomic E-state index is 11.7. The van der Waals surface area contributed by atoms with Crippen molar-refractivity contribution < 1.29 is 4.79 Å². The molecule has 0 aromatic heterocycles. The number of amides is 1. The van der Waals surface area contributed by atoms with E-state index < -0.39 is 0 Å². The third kappa shape index (κ3) is 9.12. The highest BCUT2D eigenvalue weighted by Gasteiger charge is 2.09. The zero-order chi connectivity index (χ0) is 13.1. The van der Waals surface area contributed by atoms with Gasteiger partial charge in [-0.2, -0.15) is 0 Å². The summed E-state index contributed by atoms with van der Waals surface area (Å²) >= 11 is 0. The molecule has 0 heterocycles. The number of hydrogen-bond acceptors (Lipinski definition) is 3. The van der Waals surface area contributed by atoms with E-state index in [1.807, 2.05) is 7.05 Å². The van der Waals surface area contributed by atoms with Crippen molar-refractivity contribution in [2.24, 2.45) is 5.73 Å². The van der Waals surface area contributed by atoms with Crippen LogP contribution >= 0.6 is 0 Å². The Morgan fingerprint density at radius 3 is 2.35 bits per heavy atom. The molecule has 0 spiro atoms. The molecule has 0 unspecified atom stereocenters. The smallest absolute Gasteiger partial charge is 0.223 e. The van der Waals surface area contributed by atoms with Crippen molar-refractivity contribution in [3.8, 4) is 0 Å². The lowest BCUT2D eigenvalue weighted by molar-refractivity contribution is -0.130. The van der Waals surface area contributed by atoms with E-state index in [0.29, 0.717) is 13.0 Å². The second-order valence-electron chi connectivity index (χ2n) is 4.72. The third-order valence-electron chi connectivity index (χ3n) is 2.97. The first-order valence-electron chi connectivity index (χ1n) is 6.74. The molecule has 0 aliphatic carbocycles. The lowest BCUT2D eigenvalue weighted by Crippen LogP contribution is -2.32. The zero-order valence-corrected chi connectivity index (χ0v) is 11.7. The third-order valence-corrected chi connectivity index (χ3v) is 2.97. The first-order valence-corrected chi connectivity index (χ1v) is 6.74. The minimum atomic E-state index is 0.223. The molecule has 0 rings (SSSR count). The second kappa shape index (κ2) is 10.5. The molecule has 0 aromatic carbocycles. The van der Waals surface area contributed by atoms with Gasteiger partial charge in [-0.1, -0.05) is 19.8 Å². The molecule has 0 bridgehead atoms. The summed E-state index contributed by atoms with van der Waals surface area (Å²) in [6.45, 7) is 5.57. The monoisotopic (exact) mass is 243 g/mol. The van der Waals surface area contributed by atoms with Crippen molar-refractivity contribution in [3.05, 3.63) is 0 Å². The van der Waals surface area contributed by atoms with Gasteiger partial charge in [0.2, 0.25) is 5.91 Å². The van der Waals surface area contributed by atoms with Gasteiger partial charge in [0.1, 0.15) is 0 Å². The van der Waals surface area contributed by atoms with Crippen molar-refractivity contribution in [1.29, 1.82) is 0 Å².